The van der Waals surface area contributed by atoms with Crippen LogP contribution in [-0.2, 0) is 10.0 Å². The molecule has 12 nitrogen and oxygen atoms in total. The van der Waals surface area contributed by atoms with Crippen molar-refractivity contribution in [2.75, 3.05) is 73.0 Å². The summed E-state index contributed by atoms with van der Waals surface area (Å²) in [6.45, 7) is 7.99. The van der Waals surface area contributed by atoms with Crippen molar-refractivity contribution in [3.05, 3.63) is 52.9 Å². The lowest BCUT2D eigenvalue weighted by Crippen LogP contribution is -2.44. The highest BCUT2D eigenvalue weighted by atomic mass is 79.9. The molecule has 222 valence electrons. The van der Waals surface area contributed by atoms with Crippen molar-refractivity contribution < 1.29 is 13.2 Å². The van der Waals surface area contributed by atoms with Gasteiger partial charge in [0, 0.05) is 63.1 Å². The Kier molecular flexibility index (Phi) is 8.66. The molecule has 0 aliphatic carbocycles. The lowest BCUT2D eigenvalue weighted by Gasteiger charge is -2.35. The molecule has 14 heteroatoms. The van der Waals surface area contributed by atoms with E-state index < -0.39 is 10.0 Å². The summed E-state index contributed by atoms with van der Waals surface area (Å²) in [5, 5.41) is 6.58. The Balaban J connectivity index is 1.48. The van der Waals surface area contributed by atoms with Gasteiger partial charge in [0.1, 0.15) is 22.8 Å². The monoisotopic (exact) mass is 655 g/mol. The second-order valence-corrected chi connectivity index (χ2v) is 12.8. The molecule has 0 radical (unpaired) electrons. The van der Waals surface area contributed by atoms with Crippen LogP contribution in [0.3, 0.4) is 0 Å². The van der Waals surface area contributed by atoms with Crippen molar-refractivity contribution in [3.63, 3.8) is 0 Å². The molecule has 2 N–H and O–H groups in total. The Bertz CT molecular complexity index is 1710. The van der Waals surface area contributed by atoms with Gasteiger partial charge < -0.3 is 25.2 Å². The third-order valence-corrected chi connectivity index (χ3v) is 8.98. The van der Waals surface area contributed by atoms with Gasteiger partial charge in [0.2, 0.25) is 16.0 Å². The van der Waals surface area contributed by atoms with Gasteiger partial charge in [-0.15, -0.1) is 0 Å². The molecule has 5 rings (SSSR count). The first kappa shape index (κ1) is 29.7. The van der Waals surface area contributed by atoms with Crippen LogP contribution < -0.4 is 24.6 Å². The first-order valence-corrected chi connectivity index (χ1v) is 16.1. The van der Waals surface area contributed by atoms with Crippen molar-refractivity contribution in [1.82, 2.24) is 24.8 Å². The molecule has 1 aliphatic rings. The lowest BCUT2D eigenvalue weighted by atomic mass is 10.1. The zero-order valence-electron chi connectivity index (χ0n) is 24.2. The summed E-state index contributed by atoms with van der Waals surface area (Å²) in [5.74, 6) is 1.45. The standard InChI is InChI=1S/C28H34BrN9O3S/c1-6-38(42(5,39)40)26-21(8-7-20-25(26)31-10-9-30-20)33-27-19(29)17-32-28(35-27)34-22-15-18(2)23(16-24(22)41-4)37-13-11-36(3)12-14-37/h7-10,15-17H,6,11-14H2,1-5H3,(H2,32,33,34,35). The molecule has 4 aromatic rings. The van der Waals surface area contributed by atoms with Crippen molar-refractivity contribution in [2.24, 2.45) is 0 Å². The SMILES string of the molecule is CCN(c1c(Nc2nc(Nc3cc(C)c(N4CCN(C)CC4)cc3OC)ncc2Br)ccc2nccnc12)S(C)(=O)=O. The van der Waals surface area contributed by atoms with E-state index in [0.717, 1.165) is 43.1 Å². The van der Waals surface area contributed by atoms with Crippen LogP contribution in [0, 0.1) is 6.92 Å². The van der Waals surface area contributed by atoms with Crippen LogP contribution in [0.1, 0.15) is 12.5 Å². The number of halogens is 1. The van der Waals surface area contributed by atoms with Crippen LogP contribution in [0.5, 0.6) is 5.75 Å². The minimum absolute atomic E-state index is 0.213. The van der Waals surface area contributed by atoms with Gasteiger partial charge >= 0.3 is 0 Å². The van der Waals surface area contributed by atoms with E-state index in [0.29, 0.717) is 44.4 Å². The van der Waals surface area contributed by atoms with E-state index in [1.54, 1.807) is 44.8 Å². The number of nitrogens with one attached hydrogen (secondary N) is 2. The van der Waals surface area contributed by atoms with Crippen LogP contribution in [0.25, 0.3) is 11.0 Å². The molecule has 2 aromatic heterocycles. The number of fused-ring (bicyclic) bond motifs is 1. The number of anilines is 6. The van der Waals surface area contributed by atoms with E-state index in [2.05, 4.69) is 65.3 Å². The third kappa shape index (κ3) is 6.20. The maximum Gasteiger partial charge on any atom is 0.232 e. The smallest absolute Gasteiger partial charge is 0.232 e. The molecule has 42 heavy (non-hydrogen) atoms. The molecule has 0 unspecified atom stereocenters. The highest BCUT2D eigenvalue weighted by Gasteiger charge is 2.24. The van der Waals surface area contributed by atoms with E-state index in [4.69, 9.17) is 9.72 Å². The number of ether oxygens (including phenoxy) is 1. The Labute approximate surface area is 254 Å². The fourth-order valence-corrected chi connectivity index (χ4v) is 6.30. The number of nitrogens with zero attached hydrogens (tertiary/aromatic N) is 7. The van der Waals surface area contributed by atoms with Crippen LogP contribution in [0.2, 0.25) is 0 Å². The van der Waals surface area contributed by atoms with Gasteiger partial charge in [-0.1, -0.05) is 0 Å². The lowest BCUT2D eigenvalue weighted by molar-refractivity contribution is 0.312. The summed E-state index contributed by atoms with van der Waals surface area (Å²) in [6.07, 6.45) is 5.91. The zero-order valence-corrected chi connectivity index (χ0v) is 26.6. The first-order chi connectivity index (χ1) is 20.1. The van der Waals surface area contributed by atoms with Crippen molar-refractivity contribution in [2.45, 2.75) is 13.8 Å². The summed E-state index contributed by atoms with van der Waals surface area (Å²) in [4.78, 5) is 22.7. The number of methoxy groups -OCH3 is 1. The fourth-order valence-electron chi connectivity index (χ4n) is 5.03. The summed E-state index contributed by atoms with van der Waals surface area (Å²) < 4.78 is 33.1. The molecule has 0 saturated carbocycles. The number of likely N-dealkylation sites (N-methyl/N-ethyl adjacent to an activating group) is 1. The largest absolute Gasteiger partial charge is 0.494 e. The molecule has 0 amide bonds. The topological polar surface area (TPSA) is 129 Å². The van der Waals surface area contributed by atoms with Gasteiger partial charge in [0.25, 0.3) is 0 Å². The highest BCUT2D eigenvalue weighted by Crippen LogP contribution is 2.38. The quantitative estimate of drug-likeness (QED) is 0.264. The molecule has 0 bridgehead atoms. The van der Waals surface area contributed by atoms with Gasteiger partial charge in [-0.3, -0.25) is 14.3 Å². The van der Waals surface area contributed by atoms with Gasteiger partial charge in [0.15, 0.2) is 0 Å². The zero-order chi connectivity index (χ0) is 30.0. The molecule has 1 saturated heterocycles. The second kappa shape index (κ2) is 12.2. The summed E-state index contributed by atoms with van der Waals surface area (Å²) in [5.41, 5.74) is 4.92. The van der Waals surface area contributed by atoms with E-state index in [-0.39, 0.29) is 6.54 Å². The minimum atomic E-state index is -3.61. The van der Waals surface area contributed by atoms with E-state index in [1.165, 1.54) is 10.6 Å². The summed E-state index contributed by atoms with van der Waals surface area (Å²) >= 11 is 3.53. The Morgan fingerprint density at radius 3 is 2.48 bits per heavy atom. The highest BCUT2D eigenvalue weighted by molar-refractivity contribution is 9.10. The molecule has 2 aromatic carbocycles. The molecule has 0 spiro atoms. The number of aromatic nitrogens is 4. The Morgan fingerprint density at radius 2 is 1.79 bits per heavy atom. The van der Waals surface area contributed by atoms with Crippen LogP contribution >= 0.6 is 15.9 Å². The predicted molar refractivity (Wildman–Crippen MR) is 171 cm³/mol. The number of piperazine rings is 1. The molecule has 1 aliphatic heterocycles. The van der Waals surface area contributed by atoms with Gasteiger partial charge in [-0.2, -0.15) is 4.98 Å². The maximum absolute atomic E-state index is 12.8. The molecular weight excluding hydrogens is 622 g/mol. The van der Waals surface area contributed by atoms with E-state index >= 15 is 0 Å². The van der Waals surface area contributed by atoms with Crippen LogP contribution in [0.4, 0.5) is 34.5 Å². The third-order valence-electron chi connectivity index (χ3n) is 7.16. The first-order valence-electron chi connectivity index (χ1n) is 13.5. The number of aryl methyl sites for hydroxylation is 1. The number of rotatable bonds is 9. The van der Waals surface area contributed by atoms with Crippen LogP contribution in [0.15, 0.2) is 47.3 Å². The average molecular weight is 657 g/mol. The Hall–Kier alpha value is -3.75. The summed E-state index contributed by atoms with van der Waals surface area (Å²) in [6, 6.07) is 7.64. The van der Waals surface area contributed by atoms with Crippen molar-refractivity contribution >= 4 is 71.5 Å². The van der Waals surface area contributed by atoms with E-state index in [1.807, 2.05) is 12.1 Å². The van der Waals surface area contributed by atoms with Gasteiger partial charge in [0.05, 0.1) is 34.7 Å². The number of hydrogen-bond acceptors (Lipinski definition) is 11. The average Bonchev–Trinajstić information content (AvgIpc) is 2.96. The second-order valence-electron chi connectivity index (χ2n) is 10.1. The number of sulfonamides is 1. The normalized spacial score (nSPS) is 14.2. The van der Waals surface area contributed by atoms with Crippen LogP contribution in [-0.4, -0.2) is 86.4 Å². The van der Waals surface area contributed by atoms with E-state index in [9.17, 15) is 8.42 Å². The molecule has 0 atom stereocenters. The van der Waals surface area contributed by atoms with Gasteiger partial charge in [-0.05, 0) is 60.6 Å². The maximum atomic E-state index is 12.8. The number of benzene rings is 2. The van der Waals surface area contributed by atoms with Crippen molar-refractivity contribution in [3.8, 4) is 5.75 Å². The fraction of sp³-hybridized carbons (Fsp3) is 0.357. The minimum Gasteiger partial charge on any atom is -0.494 e. The summed E-state index contributed by atoms with van der Waals surface area (Å²) in [7, 11) is 0.171. The van der Waals surface area contributed by atoms with Crippen molar-refractivity contribution in [1.29, 1.82) is 0 Å². The van der Waals surface area contributed by atoms with Gasteiger partial charge in [-0.25, -0.2) is 13.4 Å². The molecule has 3 heterocycles. The Morgan fingerprint density at radius 1 is 1.05 bits per heavy atom. The predicted octanol–water partition coefficient (Wildman–Crippen LogP) is 4.52. The molecular formula is C28H34BrN9O3S. The number of hydrogen-bond donors (Lipinski definition) is 2. The molecule has 1 fully saturated rings.